The number of anilines is 1. The first-order valence-corrected chi connectivity index (χ1v) is 7.91. The monoisotopic (exact) mass is 327 g/mol. The maximum absolute atomic E-state index is 6.06. The van der Waals surface area contributed by atoms with Crippen molar-refractivity contribution in [3.63, 3.8) is 0 Å². The highest BCUT2D eigenvalue weighted by atomic mass is 35.5. The lowest BCUT2D eigenvalue weighted by molar-refractivity contribution is 0.310. The van der Waals surface area contributed by atoms with E-state index in [2.05, 4.69) is 9.97 Å². The molecule has 0 bridgehead atoms. The van der Waals surface area contributed by atoms with Crippen LogP contribution in [0.5, 0.6) is 5.75 Å². The second kappa shape index (κ2) is 6.84. The Labute approximate surface area is 140 Å². The SMILES string of the molecule is Cc1cccc(OCCCc2nc(Cl)nc3cccc(N)c23)c1. The number of hydrogen-bond acceptors (Lipinski definition) is 4. The van der Waals surface area contributed by atoms with E-state index in [1.54, 1.807) is 0 Å². The molecule has 0 fully saturated rings. The van der Waals surface area contributed by atoms with Crippen molar-refractivity contribution in [1.82, 2.24) is 9.97 Å². The van der Waals surface area contributed by atoms with E-state index in [0.29, 0.717) is 12.3 Å². The van der Waals surface area contributed by atoms with E-state index in [1.807, 2.05) is 49.4 Å². The number of nitrogens with zero attached hydrogens (tertiary/aromatic N) is 2. The summed E-state index contributed by atoms with van der Waals surface area (Å²) in [6.07, 6.45) is 1.56. The molecule has 0 aliphatic carbocycles. The third-order valence-corrected chi connectivity index (χ3v) is 3.79. The Morgan fingerprint density at radius 2 is 1.96 bits per heavy atom. The Kier molecular flexibility index (Phi) is 4.63. The molecule has 0 aliphatic heterocycles. The topological polar surface area (TPSA) is 61.0 Å². The van der Waals surface area contributed by atoms with Crippen LogP contribution in [0.4, 0.5) is 5.69 Å². The predicted octanol–water partition coefficient (Wildman–Crippen LogP) is 4.19. The lowest BCUT2D eigenvalue weighted by Crippen LogP contribution is -2.03. The summed E-state index contributed by atoms with van der Waals surface area (Å²) in [7, 11) is 0. The third kappa shape index (κ3) is 3.71. The first-order chi connectivity index (χ1) is 11.1. The third-order valence-electron chi connectivity index (χ3n) is 3.62. The molecular weight excluding hydrogens is 310 g/mol. The fourth-order valence-electron chi connectivity index (χ4n) is 2.57. The Hall–Kier alpha value is -2.33. The number of hydrogen-bond donors (Lipinski definition) is 1. The molecule has 2 N–H and O–H groups in total. The number of rotatable bonds is 5. The summed E-state index contributed by atoms with van der Waals surface area (Å²) in [6, 6.07) is 13.6. The van der Waals surface area contributed by atoms with Crippen LogP contribution in [-0.4, -0.2) is 16.6 Å². The van der Waals surface area contributed by atoms with Crippen LogP contribution in [0, 0.1) is 6.92 Å². The van der Waals surface area contributed by atoms with E-state index in [0.717, 1.165) is 35.2 Å². The molecule has 0 unspecified atom stereocenters. The van der Waals surface area contributed by atoms with Crippen LogP contribution in [0.3, 0.4) is 0 Å². The van der Waals surface area contributed by atoms with E-state index in [9.17, 15) is 0 Å². The number of nitrogen functional groups attached to an aromatic ring is 1. The Morgan fingerprint density at radius 1 is 1.13 bits per heavy atom. The minimum atomic E-state index is 0.248. The molecule has 0 spiro atoms. The molecule has 4 nitrogen and oxygen atoms in total. The number of nitrogens with two attached hydrogens (primary N) is 1. The minimum Gasteiger partial charge on any atom is -0.494 e. The second-order valence-corrected chi connectivity index (χ2v) is 5.79. The van der Waals surface area contributed by atoms with Crippen LogP contribution < -0.4 is 10.5 Å². The van der Waals surface area contributed by atoms with Crippen LogP contribution in [0.15, 0.2) is 42.5 Å². The number of aromatic nitrogens is 2. The molecular formula is C18H18ClN3O. The van der Waals surface area contributed by atoms with Crippen molar-refractivity contribution in [2.24, 2.45) is 0 Å². The van der Waals surface area contributed by atoms with Crippen molar-refractivity contribution in [2.75, 3.05) is 12.3 Å². The van der Waals surface area contributed by atoms with Gasteiger partial charge in [0.15, 0.2) is 0 Å². The van der Waals surface area contributed by atoms with Gasteiger partial charge in [0, 0.05) is 11.1 Å². The summed E-state index contributed by atoms with van der Waals surface area (Å²) < 4.78 is 5.77. The Morgan fingerprint density at radius 3 is 2.78 bits per heavy atom. The molecule has 1 heterocycles. The maximum atomic E-state index is 6.06. The van der Waals surface area contributed by atoms with Gasteiger partial charge in [0.1, 0.15) is 5.75 Å². The quantitative estimate of drug-likeness (QED) is 0.433. The number of aryl methyl sites for hydroxylation is 2. The molecule has 2 aromatic carbocycles. The van der Waals surface area contributed by atoms with Crippen LogP contribution in [0.1, 0.15) is 17.7 Å². The summed E-state index contributed by atoms with van der Waals surface area (Å²) in [5, 5.41) is 1.13. The zero-order valence-electron chi connectivity index (χ0n) is 12.9. The molecule has 5 heteroatoms. The lowest BCUT2D eigenvalue weighted by Gasteiger charge is -2.09. The van der Waals surface area contributed by atoms with E-state index in [-0.39, 0.29) is 5.28 Å². The van der Waals surface area contributed by atoms with Gasteiger partial charge in [-0.15, -0.1) is 0 Å². The summed E-state index contributed by atoms with van der Waals surface area (Å²) in [5.41, 5.74) is 9.57. The van der Waals surface area contributed by atoms with Crippen LogP contribution >= 0.6 is 11.6 Å². The van der Waals surface area contributed by atoms with E-state index < -0.39 is 0 Å². The van der Waals surface area contributed by atoms with Gasteiger partial charge in [0.05, 0.1) is 17.8 Å². The molecule has 1 aromatic heterocycles. The summed E-state index contributed by atoms with van der Waals surface area (Å²) in [5.74, 6) is 0.884. The fraction of sp³-hybridized carbons (Fsp3) is 0.222. The Bertz CT molecular complexity index is 836. The number of fused-ring (bicyclic) bond motifs is 1. The highest BCUT2D eigenvalue weighted by Crippen LogP contribution is 2.24. The number of halogens is 1. The van der Waals surface area contributed by atoms with Gasteiger partial charge in [-0.2, -0.15) is 0 Å². The van der Waals surface area contributed by atoms with Gasteiger partial charge in [-0.25, -0.2) is 9.97 Å². The lowest BCUT2D eigenvalue weighted by atomic mass is 10.1. The second-order valence-electron chi connectivity index (χ2n) is 5.45. The van der Waals surface area contributed by atoms with Gasteiger partial charge >= 0.3 is 0 Å². The number of ether oxygens (including phenoxy) is 1. The van der Waals surface area contributed by atoms with Gasteiger partial charge in [0.25, 0.3) is 0 Å². The molecule has 3 rings (SSSR count). The van der Waals surface area contributed by atoms with Crippen LogP contribution in [-0.2, 0) is 6.42 Å². The fourth-order valence-corrected chi connectivity index (χ4v) is 2.77. The molecule has 23 heavy (non-hydrogen) atoms. The highest BCUT2D eigenvalue weighted by molar-refractivity contribution is 6.28. The normalized spacial score (nSPS) is 10.9. The molecule has 0 aliphatic rings. The van der Waals surface area contributed by atoms with Crippen molar-refractivity contribution < 1.29 is 4.74 Å². The smallest absolute Gasteiger partial charge is 0.223 e. The van der Waals surface area contributed by atoms with Gasteiger partial charge in [-0.3, -0.25) is 0 Å². The van der Waals surface area contributed by atoms with E-state index in [1.165, 1.54) is 5.56 Å². The molecule has 0 saturated carbocycles. The van der Waals surface area contributed by atoms with Crippen molar-refractivity contribution in [3.05, 3.63) is 59.0 Å². The zero-order valence-corrected chi connectivity index (χ0v) is 13.7. The van der Waals surface area contributed by atoms with Gasteiger partial charge in [0.2, 0.25) is 5.28 Å². The average molecular weight is 328 g/mol. The average Bonchev–Trinajstić information content (AvgIpc) is 2.51. The van der Waals surface area contributed by atoms with Crippen molar-refractivity contribution in [3.8, 4) is 5.75 Å². The summed E-state index contributed by atoms with van der Waals surface area (Å²) in [6.45, 7) is 2.66. The zero-order chi connectivity index (χ0) is 16.2. The van der Waals surface area contributed by atoms with Gasteiger partial charge in [-0.05, 0) is 61.2 Å². The van der Waals surface area contributed by atoms with E-state index >= 15 is 0 Å². The predicted molar refractivity (Wildman–Crippen MR) is 94.0 cm³/mol. The molecule has 0 saturated heterocycles. The first-order valence-electron chi connectivity index (χ1n) is 7.53. The summed E-state index contributed by atoms with van der Waals surface area (Å²) in [4.78, 5) is 8.57. The highest BCUT2D eigenvalue weighted by Gasteiger charge is 2.09. The first kappa shape index (κ1) is 15.6. The molecule has 118 valence electrons. The van der Waals surface area contributed by atoms with Gasteiger partial charge in [-0.1, -0.05) is 18.2 Å². The van der Waals surface area contributed by atoms with Crippen LogP contribution in [0.2, 0.25) is 5.28 Å². The maximum Gasteiger partial charge on any atom is 0.223 e. The largest absolute Gasteiger partial charge is 0.494 e. The van der Waals surface area contributed by atoms with Crippen molar-refractivity contribution in [1.29, 1.82) is 0 Å². The molecule has 0 radical (unpaired) electrons. The van der Waals surface area contributed by atoms with Gasteiger partial charge < -0.3 is 10.5 Å². The van der Waals surface area contributed by atoms with E-state index in [4.69, 9.17) is 22.1 Å². The summed E-state index contributed by atoms with van der Waals surface area (Å²) >= 11 is 6.01. The molecule has 0 amide bonds. The van der Waals surface area contributed by atoms with Crippen molar-refractivity contribution in [2.45, 2.75) is 19.8 Å². The Balaban J connectivity index is 1.70. The number of benzene rings is 2. The van der Waals surface area contributed by atoms with Crippen molar-refractivity contribution >= 4 is 28.2 Å². The molecule has 3 aromatic rings. The van der Waals surface area contributed by atoms with Crippen LogP contribution in [0.25, 0.3) is 10.9 Å². The molecule has 0 atom stereocenters. The minimum absolute atomic E-state index is 0.248. The standard InChI is InChI=1S/C18H18ClN3O/c1-12-5-2-6-13(11-12)23-10-4-9-16-17-14(20)7-3-8-15(17)21-18(19)22-16/h2-3,5-8,11H,4,9-10,20H2,1H3.